The number of hydrogen-bond donors (Lipinski definition) is 2. The zero-order valence-electron chi connectivity index (χ0n) is 10.5. The van der Waals surface area contributed by atoms with Crippen molar-refractivity contribution < 1.29 is 9.52 Å². The Hall–Kier alpha value is -0.970. The van der Waals surface area contributed by atoms with E-state index in [1.807, 2.05) is 37.3 Å². The number of aliphatic hydroxyl groups is 1. The van der Waals surface area contributed by atoms with Gasteiger partial charge in [-0.25, -0.2) is 0 Å². The summed E-state index contributed by atoms with van der Waals surface area (Å²) in [6.07, 6.45) is 0. The Kier molecular flexibility index (Phi) is 4.69. The maximum absolute atomic E-state index is 8.95. The maximum atomic E-state index is 8.95. The summed E-state index contributed by atoms with van der Waals surface area (Å²) in [4.78, 5) is 0. The number of aliphatic hydroxyl groups excluding tert-OH is 1. The Labute approximate surface area is 111 Å². The van der Waals surface area contributed by atoms with Crippen molar-refractivity contribution in [1.82, 2.24) is 0 Å². The van der Waals surface area contributed by atoms with Crippen molar-refractivity contribution in [2.75, 3.05) is 18.1 Å². The minimum Gasteiger partial charge on any atom is -0.459 e. The summed E-state index contributed by atoms with van der Waals surface area (Å²) in [5.41, 5.74) is 7.00. The topological polar surface area (TPSA) is 59.4 Å². The Morgan fingerprint density at radius 1 is 1.33 bits per heavy atom. The summed E-state index contributed by atoms with van der Waals surface area (Å²) in [6, 6.07) is 9.84. The van der Waals surface area contributed by atoms with Crippen molar-refractivity contribution in [1.29, 1.82) is 0 Å². The lowest BCUT2D eigenvalue weighted by Gasteiger charge is -2.10. The second-order valence-electron chi connectivity index (χ2n) is 4.62. The summed E-state index contributed by atoms with van der Waals surface area (Å²) < 4.78 is 5.73. The van der Waals surface area contributed by atoms with E-state index in [0.29, 0.717) is 5.92 Å². The molecule has 3 N–H and O–H groups in total. The molecule has 0 fully saturated rings. The molecule has 0 aliphatic rings. The van der Waals surface area contributed by atoms with Crippen molar-refractivity contribution in [3.8, 4) is 0 Å². The van der Waals surface area contributed by atoms with Crippen molar-refractivity contribution in [2.24, 2.45) is 11.7 Å². The van der Waals surface area contributed by atoms with Gasteiger partial charge >= 0.3 is 0 Å². The van der Waals surface area contributed by atoms with Gasteiger partial charge in [-0.05, 0) is 23.8 Å². The summed E-state index contributed by atoms with van der Waals surface area (Å²) >= 11 is 1.75. The lowest BCUT2D eigenvalue weighted by molar-refractivity contribution is 0.250. The molecule has 0 spiro atoms. The molecule has 0 saturated heterocycles. The van der Waals surface area contributed by atoms with Crippen LogP contribution in [0.3, 0.4) is 0 Å². The van der Waals surface area contributed by atoms with Gasteiger partial charge in [0.15, 0.2) is 0 Å². The molecule has 3 nitrogen and oxygen atoms in total. The van der Waals surface area contributed by atoms with E-state index in [1.54, 1.807) is 11.8 Å². The van der Waals surface area contributed by atoms with E-state index in [9.17, 15) is 0 Å². The highest BCUT2D eigenvalue weighted by atomic mass is 32.2. The van der Waals surface area contributed by atoms with E-state index in [1.165, 1.54) is 0 Å². The van der Waals surface area contributed by atoms with Crippen LogP contribution < -0.4 is 5.73 Å². The fourth-order valence-corrected chi connectivity index (χ4v) is 2.78. The number of thioether (sulfide) groups is 1. The Morgan fingerprint density at radius 3 is 2.83 bits per heavy atom. The second kappa shape index (κ2) is 6.27. The predicted octanol–water partition coefficient (Wildman–Crippen LogP) is 2.79. The van der Waals surface area contributed by atoms with Crippen LogP contribution in [0.1, 0.15) is 18.7 Å². The summed E-state index contributed by atoms with van der Waals surface area (Å²) in [5, 5.41) is 10.0. The zero-order chi connectivity index (χ0) is 13.0. The maximum Gasteiger partial charge on any atom is 0.134 e. The Morgan fingerprint density at radius 2 is 2.11 bits per heavy atom. The van der Waals surface area contributed by atoms with Crippen molar-refractivity contribution in [3.63, 3.8) is 0 Å². The van der Waals surface area contributed by atoms with Gasteiger partial charge in [-0.1, -0.05) is 25.1 Å². The number of para-hydroxylation sites is 1. The SMILES string of the molecule is CC(CO)CSCC(N)c1cc2ccccc2o1. The highest BCUT2D eigenvalue weighted by Crippen LogP contribution is 2.25. The summed E-state index contributed by atoms with van der Waals surface area (Å²) in [7, 11) is 0. The van der Waals surface area contributed by atoms with Crippen LogP contribution in [0.15, 0.2) is 34.7 Å². The fourth-order valence-electron chi connectivity index (χ4n) is 1.72. The van der Waals surface area contributed by atoms with Gasteiger partial charge in [0.1, 0.15) is 11.3 Å². The molecule has 0 aliphatic carbocycles. The first kappa shape index (κ1) is 13.5. The molecule has 0 radical (unpaired) electrons. The number of hydrogen-bond acceptors (Lipinski definition) is 4. The van der Waals surface area contributed by atoms with Crippen LogP contribution in [-0.2, 0) is 0 Å². The first-order valence-corrected chi connectivity index (χ1v) is 7.29. The minimum absolute atomic E-state index is 0.0895. The third kappa shape index (κ3) is 3.28. The van der Waals surface area contributed by atoms with Gasteiger partial charge in [-0.2, -0.15) is 11.8 Å². The molecule has 1 heterocycles. The second-order valence-corrected chi connectivity index (χ2v) is 5.69. The molecule has 1 aromatic heterocycles. The number of benzene rings is 1. The zero-order valence-corrected chi connectivity index (χ0v) is 11.3. The van der Waals surface area contributed by atoms with Crippen LogP contribution in [-0.4, -0.2) is 23.2 Å². The van der Waals surface area contributed by atoms with Crippen LogP contribution in [0.25, 0.3) is 11.0 Å². The number of furan rings is 1. The summed E-state index contributed by atoms with van der Waals surface area (Å²) in [5.74, 6) is 2.88. The number of nitrogens with two attached hydrogens (primary N) is 1. The molecular weight excluding hydrogens is 246 g/mol. The molecule has 1 aromatic carbocycles. The van der Waals surface area contributed by atoms with Gasteiger partial charge in [0.25, 0.3) is 0 Å². The van der Waals surface area contributed by atoms with Crippen molar-refractivity contribution in [3.05, 3.63) is 36.1 Å². The van der Waals surface area contributed by atoms with Crippen LogP contribution in [0.4, 0.5) is 0 Å². The van der Waals surface area contributed by atoms with E-state index in [-0.39, 0.29) is 12.6 Å². The van der Waals surface area contributed by atoms with E-state index in [0.717, 1.165) is 28.2 Å². The molecule has 0 aliphatic heterocycles. The van der Waals surface area contributed by atoms with Crippen LogP contribution in [0.5, 0.6) is 0 Å². The summed E-state index contributed by atoms with van der Waals surface area (Å²) in [6.45, 7) is 2.26. The Balaban J connectivity index is 1.94. The van der Waals surface area contributed by atoms with Gasteiger partial charge in [0, 0.05) is 17.7 Å². The average molecular weight is 265 g/mol. The van der Waals surface area contributed by atoms with Gasteiger partial charge < -0.3 is 15.3 Å². The third-order valence-electron chi connectivity index (χ3n) is 2.82. The minimum atomic E-state index is -0.0895. The Bertz CT molecular complexity index is 464. The van der Waals surface area contributed by atoms with Gasteiger partial charge in [0.05, 0.1) is 6.04 Å². The standard InChI is InChI=1S/C14H19NO2S/c1-10(7-16)8-18-9-12(15)14-6-11-4-2-3-5-13(11)17-14/h2-6,10,12,16H,7-9,15H2,1H3. The van der Waals surface area contributed by atoms with E-state index in [4.69, 9.17) is 15.3 Å². The van der Waals surface area contributed by atoms with E-state index < -0.39 is 0 Å². The number of rotatable bonds is 6. The highest BCUT2D eigenvalue weighted by molar-refractivity contribution is 7.99. The van der Waals surface area contributed by atoms with E-state index in [2.05, 4.69) is 0 Å². The normalized spacial score (nSPS) is 14.8. The molecule has 2 rings (SSSR count). The van der Waals surface area contributed by atoms with Crippen LogP contribution >= 0.6 is 11.8 Å². The highest BCUT2D eigenvalue weighted by Gasteiger charge is 2.12. The molecular formula is C14H19NO2S. The van der Waals surface area contributed by atoms with Gasteiger partial charge in [-0.3, -0.25) is 0 Å². The van der Waals surface area contributed by atoms with Gasteiger partial charge in [-0.15, -0.1) is 0 Å². The third-order valence-corrected chi connectivity index (χ3v) is 4.22. The molecule has 2 aromatic rings. The molecule has 0 amide bonds. The average Bonchev–Trinajstić information content (AvgIpc) is 2.82. The lowest BCUT2D eigenvalue weighted by Crippen LogP contribution is -2.14. The molecule has 98 valence electrons. The molecule has 2 unspecified atom stereocenters. The molecule has 18 heavy (non-hydrogen) atoms. The fraction of sp³-hybridized carbons (Fsp3) is 0.429. The number of fused-ring (bicyclic) bond motifs is 1. The van der Waals surface area contributed by atoms with Gasteiger partial charge in [0.2, 0.25) is 0 Å². The lowest BCUT2D eigenvalue weighted by atomic mass is 10.2. The van der Waals surface area contributed by atoms with Crippen LogP contribution in [0, 0.1) is 5.92 Å². The van der Waals surface area contributed by atoms with Crippen LogP contribution in [0.2, 0.25) is 0 Å². The van der Waals surface area contributed by atoms with Crippen molar-refractivity contribution in [2.45, 2.75) is 13.0 Å². The molecule has 0 bridgehead atoms. The largest absolute Gasteiger partial charge is 0.459 e. The smallest absolute Gasteiger partial charge is 0.134 e. The first-order chi connectivity index (χ1) is 8.70. The molecule has 2 atom stereocenters. The molecule has 0 saturated carbocycles. The monoisotopic (exact) mass is 265 g/mol. The van der Waals surface area contributed by atoms with Crippen molar-refractivity contribution >= 4 is 22.7 Å². The van der Waals surface area contributed by atoms with E-state index >= 15 is 0 Å². The quantitative estimate of drug-likeness (QED) is 0.843. The first-order valence-electron chi connectivity index (χ1n) is 6.13. The predicted molar refractivity (Wildman–Crippen MR) is 76.7 cm³/mol. The molecule has 4 heteroatoms.